The maximum absolute atomic E-state index is 11.5. The fourth-order valence-electron chi connectivity index (χ4n) is 3.82. The summed E-state index contributed by atoms with van der Waals surface area (Å²) in [5, 5.41) is 2.98. The maximum atomic E-state index is 11.5. The Morgan fingerprint density at radius 3 is 3.14 bits per heavy atom. The number of oxazole rings is 1. The summed E-state index contributed by atoms with van der Waals surface area (Å²) in [6.07, 6.45) is 4.64. The number of hydrogen-bond donors (Lipinski definition) is 1. The summed E-state index contributed by atoms with van der Waals surface area (Å²) in [5.41, 5.74) is 1.40. The normalized spacial score (nSPS) is 28.1. The Balaban J connectivity index is 1.44. The van der Waals surface area contributed by atoms with Crippen LogP contribution in [0.1, 0.15) is 25.2 Å². The Bertz CT molecular complexity index is 665. The van der Waals surface area contributed by atoms with Crippen molar-refractivity contribution in [2.45, 2.75) is 31.8 Å². The largest absolute Gasteiger partial charge is 0.438 e. The highest BCUT2D eigenvalue weighted by atomic mass is 16.3. The summed E-state index contributed by atoms with van der Waals surface area (Å²) in [5.74, 6) is 2.07. The number of rotatable bonds is 3. The Hall–Kier alpha value is -1.95. The average molecular weight is 300 g/mol. The van der Waals surface area contributed by atoms with E-state index in [1.807, 2.05) is 12.1 Å². The van der Waals surface area contributed by atoms with Gasteiger partial charge in [-0.25, -0.2) is 4.98 Å². The maximum Gasteiger partial charge on any atom is 0.220 e. The molecule has 3 atom stereocenters. The Morgan fingerprint density at radius 1 is 1.41 bits per heavy atom. The first kappa shape index (κ1) is 13.7. The first-order valence-corrected chi connectivity index (χ1v) is 7.86. The first-order valence-electron chi connectivity index (χ1n) is 7.86. The third-order valence-corrected chi connectivity index (χ3v) is 5.04. The summed E-state index contributed by atoms with van der Waals surface area (Å²) >= 11 is 0. The van der Waals surface area contributed by atoms with Crippen LogP contribution in [-0.4, -0.2) is 40.4 Å². The summed E-state index contributed by atoms with van der Waals surface area (Å²) in [7, 11) is 2.11. The topological polar surface area (TPSA) is 71.3 Å². The van der Waals surface area contributed by atoms with Gasteiger partial charge < -0.3 is 9.73 Å². The van der Waals surface area contributed by atoms with Gasteiger partial charge in [-0.1, -0.05) is 0 Å². The second-order valence-corrected chi connectivity index (χ2v) is 6.50. The average Bonchev–Trinajstić information content (AvgIpc) is 3.09. The van der Waals surface area contributed by atoms with Gasteiger partial charge in [0.25, 0.3) is 0 Å². The van der Waals surface area contributed by atoms with Crippen molar-refractivity contribution in [1.29, 1.82) is 0 Å². The third kappa shape index (κ3) is 2.47. The molecular formula is C16H20N4O2. The standard InChI is InChI=1S/C16H20N4O2/c1-20(9-15-19-16-13(22-15)3-2-4-17-16)12-5-10-7-14(21)18-8-11(10)6-12/h2-4,10-12H,5-9H2,1H3,(H,18,21)/t10-,11+,12-/m0/s1. The van der Waals surface area contributed by atoms with Crippen LogP contribution in [0.4, 0.5) is 0 Å². The van der Waals surface area contributed by atoms with E-state index in [1.165, 1.54) is 0 Å². The molecule has 2 aromatic heterocycles. The number of amides is 1. The van der Waals surface area contributed by atoms with Gasteiger partial charge in [-0.3, -0.25) is 9.69 Å². The number of nitrogens with zero attached hydrogens (tertiary/aromatic N) is 3. The molecule has 6 nitrogen and oxygen atoms in total. The van der Waals surface area contributed by atoms with E-state index in [1.54, 1.807) is 6.20 Å². The van der Waals surface area contributed by atoms with E-state index in [-0.39, 0.29) is 5.91 Å². The summed E-state index contributed by atoms with van der Waals surface area (Å²) in [6.45, 7) is 1.52. The summed E-state index contributed by atoms with van der Waals surface area (Å²) in [4.78, 5) is 22.5. The number of carbonyl (C=O) groups excluding carboxylic acids is 1. The van der Waals surface area contributed by atoms with E-state index in [4.69, 9.17) is 4.42 Å². The quantitative estimate of drug-likeness (QED) is 0.931. The molecule has 0 radical (unpaired) electrons. The lowest BCUT2D eigenvalue weighted by molar-refractivity contribution is -0.124. The molecule has 2 aromatic rings. The van der Waals surface area contributed by atoms with E-state index in [2.05, 4.69) is 27.2 Å². The highest BCUT2D eigenvalue weighted by molar-refractivity contribution is 5.77. The van der Waals surface area contributed by atoms with Crippen LogP contribution in [0.5, 0.6) is 0 Å². The number of piperidine rings is 1. The van der Waals surface area contributed by atoms with Gasteiger partial charge in [0.15, 0.2) is 11.2 Å². The zero-order chi connectivity index (χ0) is 15.1. The SMILES string of the molecule is CN(Cc1nc2ncccc2o1)[C@H]1C[C@H]2CC(=O)NC[C@H]2C1. The van der Waals surface area contributed by atoms with Crippen molar-refractivity contribution in [2.24, 2.45) is 11.8 Å². The minimum absolute atomic E-state index is 0.203. The highest BCUT2D eigenvalue weighted by Gasteiger charge is 2.39. The van der Waals surface area contributed by atoms with Gasteiger partial charge in [-0.15, -0.1) is 0 Å². The van der Waals surface area contributed by atoms with Gasteiger partial charge in [0.05, 0.1) is 6.54 Å². The predicted molar refractivity (Wildman–Crippen MR) is 80.9 cm³/mol. The molecule has 116 valence electrons. The van der Waals surface area contributed by atoms with E-state index in [0.29, 0.717) is 42.4 Å². The molecule has 1 saturated heterocycles. The molecule has 6 heteroatoms. The number of fused-ring (bicyclic) bond motifs is 2. The van der Waals surface area contributed by atoms with Crippen molar-refractivity contribution in [2.75, 3.05) is 13.6 Å². The molecule has 0 bridgehead atoms. The number of nitrogens with one attached hydrogen (secondary N) is 1. The molecule has 1 N–H and O–H groups in total. The summed E-state index contributed by atoms with van der Waals surface area (Å²) in [6, 6.07) is 4.23. The first-order chi connectivity index (χ1) is 10.7. The van der Waals surface area contributed by atoms with Crippen molar-refractivity contribution in [1.82, 2.24) is 20.2 Å². The lowest BCUT2D eigenvalue weighted by atomic mass is 9.89. The minimum atomic E-state index is 0.203. The number of pyridine rings is 1. The van der Waals surface area contributed by atoms with Crippen LogP contribution in [0, 0.1) is 11.8 Å². The molecule has 2 fully saturated rings. The molecule has 1 aliphatic heterocycles. The Kier molecular flexibility index (Phi) is 3.33. The third-order valence-electron chi connectivity index (χ3n) is 5.04. The van der Waals surface area contributed by atoms with Gasteiger partial charge in [0.2, 0.25) is 11.8 Å². The molecule has 22 heavy (non-hydrogen) atoms. The van der Waals surface area contributed by atoms with Crippen molar-refractivity contribution in [3.8, 4) is 0 Å². The molecule has 0 unspecified atom stereocenters. The van der Waals surface area contributed by atoms with Gasteiger partial charge in [0, 0.05) is 25.2 Å². The predicted octanol–water partition coefficient (Wildman–Crippen LogP) is 1.57. The van der Waals surface area contributed by atoms with Gasteiger partial charge >= 0.3 is 0 Å². The summed E-state index contributed by atoms with van der Waals surface area (Å²) < 4.78 is 5.75. The zero-order valence-electron chi connectivity index (χ0n) is 12.7. The smallest absolute Gasteiger partial charge is 0.220 e. The zero-order valence-corrected chi connectivity index (χ0v) is 12.7. The number of aromatic nitrogens is 2. The lowest BCUT2D eigenvalue weighted by Crippen LogP contribution is -2.38. The van der Waals surface area contributed by atoms with E-state index < -0.39 is 0 Å². The van der Waals surface area contributed by atoms with Crippen LogP contribution in [0.2, 0.25) is 0 Å². The second kappa shape index (κ2) is 5.35. The molecule has 1 aliphatic carbocycles. The van der Waals surface area contributed by atoms with Gasteiger partial charge in [-0.05, 0) is 43.9 Å². The molecule has 3 heterocycles. The Labute approximate surface area is 128 Å². The molecule has 2 aliphatic rings. The molecule has 4 rings (SSSR count). The minimum Gasteiger partial charge on any atom is -0.438 e. The second-order valence-electron chi connectivity index (χ2n) is 6.50. The number of carbonyl (C=O) groups is 1. The van der Waals surface area contributed by atoms with Crippen molar-refractivity contribution in [3.05, 3.63) is 24.2 Å². The molecule has 1 saturated carbocycles. The molecule has 0 spiro atoms. The molecule has 0 aromatic carbocycles. The highest BCUT2D eigenvalue weighted by Crippen LogP contribution is 2.38. The van der Waals surface area contributed by atoms with Crippen molar-refractivity contribution >= 4 is 17.1 Å². The van der Waals surface area contributed by atoms with Crippen LogP contribution in [0.15, 0.2) is 22.7 Å². The number of hydrogen-bond acceptors (Lipinski definition) is 5. The van der Waals surface area contributed by atoms with Crippen LogP contribution < -0.4 is 5.32 Å². The van der Waals surface area contributed by atoms with Crippen molar-refractivity contribution < 1.29 is 9.21 Å². The van der Waals surface area contributed by atoms with E-state index in [0.717, 1.165) is 25.0 Å². The van der Waals surface area contributed by atoms with Crippen molar-refractivity contribution in [3.63, 3.8) is 0 Å². The monoisotopic (exact) mass is 300 g/mol. The Morgan fingerprint density at radius 2 is 2.27 bits per heavy atom. The van der Waals surface area contributed by atoms with Crippen LogP contribution >= 0.6 is 0 Å². The van der Waals surface area contributed by atoms with E-state index in [9.17, 15) is 4.79 Å². The van der Waals surface area contributed by atoms with E-state index >= 15 is 0 Å². The van der Waals surface area contributed by atoms with Crippen LogP contribution in [-0.2, 0) is 11.3 Å². The van der Waals surface area contributed by atoms with Gasteiger partial charge in [0.1, 0.15) is 0 Å². The van der Waals surface area contributed by atoms with Crippen LogP contribution in [0.25, 0.3) is 11.2 Å². The fourth-order valence-corrected chi connectivity index (χ4v) is 3.82. The molecular weight excluding hydrogens is 280 g/mol. The van der Waals surface area contributed by atoms with Crippen LogP contribution in [0.3, 0.4) is 0 Å². The molecule has 1 amide bonds. The fraction of sp³-hybridized carbons (Fsp3) is 0.562. The lowest BCUT2D eigenvalue weighted by Gasteiger charge is -2.24. The van der Waals surface area contributed by atoms with Gasteiger partial charge in [-0.2, -0.15) is 4.98 Å².